The molecule has 1 atom stereocenters. The number of ether oxygens (including phenoxy) is 1. The number of Topliss-reactive ketones (excluding diaryl/α,β-unsaturated/α-hetero) is 1. The second-order valence-electron chi connectivity index (χ2n) is 7.25. The molecule has 0 aliphatic heterocycles. The third-order valence-corrected chi connectivity index (χ3v) is 5.61. The first-order valence-corrected chi connectivity index (χ1v) is 9.28. The summed E-state index contributed by atoms with van der Waals surface area (Å²) in [7, 11) is 0. The number of rotatable bonds is 6. The van der Waals surface area contributed by atoms with E-state index < -0.39 is 11.4 Å². The summed E-state index contributed by atoms with van der Waals surface area (Å²) in [6.07, 6.45) is 7.95. The lowest BCUT2D eigenvalue weighted by atomic mass is 9.72. The summed E-state index contributed by atoms with van der Waals surface area (Å²) >= 11 is 0. The Hall–Kier alpha value is -2.43. The van der Waals surface area contributed by atoms with Gasteiger partial charge in [-0.05, 0) is 32.3 Å². The third kappa shape index (κ3) is 3.71. The summed E-state index contributed by atoms with van der Waals surface area (Å²) in [5.74, 6) is -0.298. The van der Waals surface area contributed by atoms with Gasteiger partial charge in [0.25, 0.3) is 0 Å². The van der Waals surface area contributed by atoms with Gasteiger partial charge < -0.3 is 9.30 Å². The van der Waals surface area contributed by atoms with Crippen LogP contribution >= 0.6 is 0 Å². The van der Waals surface area contributed by atoms with Crippen molar-refractivity contribution in [2.24, 2.45) is 5.41 Å². The van der Waals surface area contributed by atoms with Crippen molar-refractivity contribution >= 4 is 11.8 Å². The molecule has 1 aromatic carbocycles. The van der Waals surface area contributed by atoms with E-state index in [2.05, 4.69) is 4.98 Å². The molecule has 5 heteroatoms. The number of nitrogens with zero attached hydrogens (tertiary/aromatic N) is 2. The number of benzene rings is 1. The van der Waals surface area contributed by atoms with E-state index in [0.717, 1.165) is 37.7 Å². The summed E-state index contributed by atoms with van der Waals surface area (Å²) in [5.41, 5.74) is 0.993. The number of carbonyl (C=O) groups is 2. The van der Waals surface area contributed by atoms with Crippen LogP contribution in [0.2, 0.25) is 0 Å². The summed E-state index contributed by atoms with van der Waals surface area (Å²) in [6, 6.07) is 9.92. The molecule has 1 saturated carbocycles. The smallest absolute Gasteiger partial charge is 0.356 e. The van der Waals surface area contributed by atoms with Crippen LogP contribution in [0.5, 0.6) is 0 Å². The van der Waals surface area contributed by atoms with Crippen molar-refractivity contribution in [1.82, 2.24) is 9.55 Å². The van der Waals surface area contributed by atoms with E-state index in [-0.39, 0.29) is 18.4 Å². The fourth-order valence-electron chi connectivity index (χ4n) is 3.77. The highest BCUT2D eigenvalue weighted by atomic mass is 16.5. The highest BCUT2D eigenvalue weighted by Gasteiger charge is 2.38. The van der Waals surface area contributed by atoms with Gasteiger partial charge in [-0.15, -0.1) is 0 Å². The molecule has 0 spiro atoms. The van der Waals surface area contributed by atoms with Crippen molar-refractivity contribution in [1.29, 1.82) is 0 Å². The average Bonchev–Trinajstić information content (AvgIpc) is 3.16. The third-order valence-electron chi connectivity index (χ3n) is 5.61. The molecule has 5 nitrogen and oxygen atoms in total. The van der Waals surface area contributed by atoms with Crippen LogP contribution in [0.1, 0.15) is 68.0 Å². The molecule has 1 aromatic heterocycles. The van der Waals surface area contributed by atoms with Gasteiger partial charge in [0.1, 0.15) is 18.1 Å². The zero-order valence-electron chi connectivity index (χ0n) is 15.5. The maximum absolute atomic E-state index is 12.7. The molecular weight excluding hydrogens is 328 g/mol. The summed E-state index contributed by atoms with van der Waals surface area (Å²) < 4.78 is 7.42. The van der Waals surface area contributed by atoms with Crippen molar-refractivity contribution in [2.45, 2.75) is 52.0 Å². The highest BCUT2D eigenvalue weighted by molar-refractivity contribution is 5.88. The van der Waals surface area contributed by atoms with Gasteiger partial charge in [0.15, 0.2) is 0 Å². The van der Waals surface area contributed by atoms with Crippen molar-refractivity contribution < 1.29 is 14.3 Å². The van der Waals surface area contributed by atoms with Crippen LogP contribution in [-0.4, -0.2) is 27.9 Å². The number of esters is 1. The maximum atomic E-state index is 12.7. The molecule has 2 aromatic rings. The van der Waals surface area contributed by atoms with Gasteiger partial charge in [-0.2, -0.15) is 0 Å². The van der Waals surface area contributed by atoms with Crippen molar-refractivity contribution in [2.75, 3.05) is 6.61 Å². The Bertz CT molecular complexity index is 761. The lowest BCUT2D eigenvalue weighted by Crippen LogP contribution is -2.37. The maximum Gasteiger partial charge on any atom is 0.356 e. The Balaban J connectivity index is 1.73. The summed E-state index contributed by atoms with van der Waals surface area (Å²) in [4.78, 5) is 29.0. The highest BCUT2D eigenvalue weighted by Crippen LogP contribution is 2.37. The van der Waals surface area contributed by atoms with E-state index >= 15 is 0 Å². The fourth-order valence-corrected chi connectivity index (χ4v) is 3.77. The van der Waals surface area contributed by atoms with E-state index in [4.69, 9.17) is 4.74 Å². The number of carbonyl (C=O) groups excluding carboxylic acids is 2. The van der Waals surface area contributed by atoms with Gasteiger partial charge in [0.05, 0.1) is 24.0 Å². The van der Waals surface area contributed by atoms with E-state index in [1.54, 1.807) is 13.3 Å². The van der Waals surface area contributed by atoms with Crippen LogP contribution in [0.3, 0.4) is 0 Å². The molecule has 1 aliphatic carbocycles. The quantitative estimate of drug-likeness (QED) is 0.730. The summed E-state index contributed by atoms with van der Waals surface area (Å²) in [6.45, 7) is 3.79. The predicted octanol–water partition coefficient (Wildman–Crippen LogP) is 4.19. The molecule has 138 valence electrons. The minimum absolute atomic E-state index is 0.0299. The normalized spacial score (nSPS) is 17.5. The minimum atomic E-state index is -0.510. The van der Waals surface area contributed by atoms with Crippen LogP contribution in [0.15, 0.2) is 42.9 Å². The SMILES string of the molecule is CC(=O)C1(COC(=O)c2cncn2C(C)c2ccccc2)CCCCC1. The molecule has 26 heavy (non-hydrogen) atoms. The average molecular weight is 354 g/mol. The molecule has 0 saturated heterocycles. The standard InChI is InChI=1S/C21H26N2O3/c1-16(18-9-5-3-6-10-18)23-15-22-13-19(23)20(25)26-14-21(17(2)24)11-7-4-8-12-21/h3,5-6,9-10,13,15-16H,4,7-8,11-12,14H2,1-2H3. The molecule has 0 N–H and O–H groups in total. The molecule has 0 bridgehead atoms. The minimum Gasteiger partial charge on any atom is -0.460 e. The van der Waals surface area contributed by atoms with E-state index in [1.807, 2.05) is 41.8 Å². The van der Waals surface area contributed by atoms with Crippen molar-refractivity contribution in [3.8, 4) is 0 Å². The second-order valence-corrected chi connectivity index (χ2v) is 7.25. The first kappa shape index (κ1) is 18.4. The Morgan fingerprint density at radius 3 is 2.54 bits per heavy atom. The lowest BCUT2D eigenvalue weighted by Gasteiger charge is -2.34. The zero-order chi connectivity index (χ0) is 18.6. The molecule has 0 amide bonds. The van der Waals surface area contributed by atoms with E-state index in [1.165, 1.54) is 6.20 Å². The number of imidazole rings is 1. The first-order valence-electron chi connectivity index (χ1n) is 9.28. The molecule has 1 unspecified atom stereocenters. The Morgan fingerprint density at radius 1 is 1.19 bits per heavy atom. The van der Waals surface area contributed by atoms with Gasteiger partial charge in [0, 0.05) is 0 Å². The van der Waals surface area contributed by atoms with Gasteiger partial charge in [-0.25, -0.2) is 9.78 Å². The van der Waals surface area contributed by atoms with Crippen LogP contribution < -0.4 is 0 Å². The largest absolute Gasteiger partial charge is 0.460 e. The van der Waals surface area contributed by atoms with Crippen molar-refractivity contribution in [3.63, 3.8) is 0 Å². The Labute approximate surface area is 154 Å². The molecular formula is C21H26N2O3. The monoisotopic (exact) mass is 354 g/mol. The van der Waals surface area contributed by atoms with E-state index in [9.17, 15) is 9.59 Å². The van der Waals surface area contributed by atoms with Gasteiger partial charge >= 0.3 is 5.97 Å². The van der Waals surface area contributed by atoms with Crippen LogP contribution in [0, 0.1) is 5.41 Å². The van der Waals surface area contributed by atoms with Gasteiger partial charge in [0.2, 0.25) is 0 Å². The van der Waals surface area contributed by atoms with Crippen LogP contribution in [-0.2, 0) is 9.53 Å². The van der Waals surface area contributed by atoms with E-state index in [0.29, 0.717) is 5.69 Å². The molecule has 0 radical (unpaired) electrons. The predicted molar refractivity (Wildman–Crippen MR) is 99.0 cm³/mol. The Morgan fingerprint density at radius 2 is 1.88 bits per heavy atom. The first-order chi connectivity index (χ1) is 12.5. The van der Waals surface area contributed by atoms with Crippen LogP contribution in [0.4, 0.5) is 0 Å². The second kappa shape index (κ2) is 7.85. The fraction of sp³-hybridized carbons (Fsp3) is 0.476. The number of hydrogen-bond donors (Lipinski definition) is 0. The number of ketones is 1. The lowest BCUT2D eigenvalue weighted by molar-refractivity contribution is -0.131. The van der Waals surface area contributed by atoms with Crippen molar-refractivity contribution in [3.05, 3.63) is 54.1 Å². The molecule has 1 heterocycles. The Kier molecular flexibility index (Phi) is 5.55. The zero-order valence-corrected chi connectivity index (χ0v) is 15.5. The summed E-state index contributed by atoms with van der Waals surface area (Å²) in [5, 5.41) is 0. The number of hydrogen-bond acceptors (Lipinski definition) is 4. The van der Waals surface area contributed by atoms with Gasteiger partial charge in [-0.1, -0.05) is 49.6 Å². The molecule has 3 rings (SSSR count). The van der Waals surface area contributed by atoms with Crippen LogP contribution in [0.25, 0.3) is 0 Å². The van der Waals surface area contributed by atoms with Gasteiger partial charge in [-0.3, -0.25) is 4.79 Å². The topological polar surface area (TPSA) is 61.2 Å². The molecule has 1 fully saturated rings. The molecule has 1 aliphatic rings. The number of aromatic nitrogens is 2.